The molecular weight excluding hydrogens is 232 g/mol. The summed E-state index contributed by atoms with van der Waals surface area (Å²) < 4.78 is 5.22. The van der Waals surface area contributed by atoms with Gasteiger partial charge in [0.15, 0.2) is 5.78 Å². The smallest absolute Gasteiger partial charge is 0.264 e. The lowest BCUT2D eigenvalue weighted by Crippen LogP contribution is -2.24. The molecule has 1 amide bonds. The lowest BCUT2D eigenvalue weighted by Gasteiger charge is -2.09. The third kappa shape index (κ3) is 2.68. The molecule has 0 spiro atoms. The van der Waals surface area contributed by atoms with E-state index < -0.39 is 5.91 Å². The minimum atomic E-state index is -0.460. The summed E-state index contributed by atoms with van der Waals surface area (Å²) in [6.07, 6.45) is 0. The van der Waals surface area contributed by atoms with Crippen molar-refractivity contribution in [2.75, 3.05) is 18.5 Å². The largest absolute Gasteiger partial charge is 0.477 e. The number of ether oxygens (including phenoxy) is 1. The fraction of sp³-hybridized carbons (Fsp3) is 0.231. The van der Waals surface area contributed by atoms with Crippen LogP contribution < -0.4 is 10.6 Å². The van der Waals surface area contributed by atoms with E-state index in [0.29, 0.717) is 18.8 Å². The van der Waals surface area contributed by atoms with Crippen molar-refractivity contribution < 1.29 is 14.3 Å². The van der Waals surface area contributed by atoms with Crippen molar-refractivity contribution in [3.63, 3.8) is 0 Å². The Morgan fingerprint density at radius 1 is 1.28 bits per heavy atom. The van der Waals surface area contributed by atoms with Gasteiger partial charge in [-0.05, 0) is 19.1 Å². The van der Waals surface area contributed by atoms with E-state index in [2.05, 4.69) is 10.6 Å². The average Bonchev–Trinajstić information content (AvgIpc) is 2.83. The summed E-state index contributed by atoms with van der Waals surface area (Å²) in [5.41, 5.74) is 0.663. The maximum Gasteiger partial charge on any atom is 0.264 e. The van der Waals surface area contributed by atoms with Crippen LogP contribution in [0.25, 0.3) is 0 Å². The molecule has 94 valence electrons. The summed E-state index contributed by atoms with van der Waals surface area (Å²) in [5.74, 6) is -0.526. The predicted molar refractivity (Wildman–Crippen MR) is 66.7 cm³/mol. The maximum absolute atomic E-state index is 12.0. The highest BCUT2D eigenvalue weighted by molar-refractivity contribution is 6.23. The monoisotopic (exact) mass is 246 g/mol. The standard InChI is InChI=1S/C13H14N2O3/c1-9(16)11(13-14-7-8-18-13)12(17)15-10-5-3-2-4-6-10/h2-6,14H,7-8H2,1H3,(H,15,17)/b13-11+. The molecular formula is C13H14N2O3. The topological polar surface area (TPSA) is 67.4 Å². The molecule has 2 rings (SSSR count). The first kappa shape index (κ1) is 12.2. The quantitative estimate of drug-likeness (QED) is 0.475. The third-order valence-electron chi connectivity index (χ3n) is 2.47. The predicted octanol–water partition coefficient (Wildman–Crippen LogP) is 1.05. The normalized spacial score (nSPS) is 16.5. The molecule has 0 aromatic heterocycles. The minimum absolute atomic E-state index is 0.0244. The van der Waals surface area contributed by atoms with Gasteiger partial charge in [0.05, 0.1) is 6.54 Å². The first-order valence-corrected chi connectivity index (χ1v) is 5.67. The van der Waals surface area contributed by atoms with Crippen molar-refractivity contribution in [1.29, 1.82) is 0 Å². The number of nitrogens with one attached hydrogen (secondary N) is 2. The average molecular weight is 246 g/mol. The first-order valence-electron chi connectivity index (χ1n) is 5.67. The molecule has 1 saturated heterocycles. The van der Waals surface area contributed by atoms with E-state index in [-0.39, 0.29) is 17.2 Å². The van der Waals surface area contributed by atoms with Gasteiger partial charge in [-0.15, -0.1) is 0 Å². The Kier molecular flexibility index (Phi) is 3.62. The zero-order valence-corrected chi connectivity index (χ0v) is 10.0. The highest BCUT2D eigenvalue weighted by atomic mass is 16.5. The Labute approximate surface area is 105 Å². The highest BCUT2D eigenvalue weighted by Crippen LogP contribution is 2.13. The number of benzene rings is 1. The molecule has 0 atom stereocenters. The molecule has 2 N–H and O–H groups in total. The van der Waals surface area contributed by atoms with Crippen molar-refractivity contribution >= 4 is 17.4 Å². The minimum Gasteiger partial charge on any atom is -0.477 e. The van der Waals surface area contributed by atoms with Gasteiger partial charge in [-0.25, -0.2) is 0 Å². The zero-order chi connectivity index (χ0) is 13.0. The van der Waals surface area contributed by atoms with Crippen molar-refractivity contribution in [2.45, 2.75) is 6.92 Å². The Balaban J connectivity index is 2.20. The van der Waals surface area contributed by atoms with Crippen molar-refractivity contribution in [3.05, 3.63) is 41.8 Å². The van der Waals surface area contributed by atoms with E-state index in [0.717, 1.165) is 0 Å². The van der Waals surface area contributed by atoms with Gasteiger partial charge in [-0.2, -0.15) is 0 Å². The van der Waals surface area contributed by atoms with Gasteiger partial charge in [0.1, 0.15) is 12.2 Å². The summed E-state index contributed by atoms with van der Waals surface area (Å²) in [4.78, 5) is 23.6. The summed E-state index contributed by atoms with van der Waals surface area (Å²) in [7, 11) is 0. The van der Waals surface area contributed by atoms with E-state index in [1.54, 1.807) is 24.3 Å². The number of para-hydroxylation sites is 1. The lowest BCUT2D eigenvalue weighted by atomic mass is 10.1. The van der Waals surface area contributed by atoms with Gasteiger partial charge < -0.3 is 15.4 Å². The van der Waals surface area contributed by atoms with E-state index >= 15 is 0 Å². The Bertz CT molecular complexity index is 486. The van der Waals surface area contributed by atoms with Crippen LogP contribution in [0.4, 0.5) is 5.69 Å². The Hall–Kier alpha value is -2.30. The fourth-order valence-corrected chi connectivity index (χ4v) is 1.67. The molecule has 1 aromatic carbocycles. The second kappa shape index (κ2) is 5.35. The molecule has 18 heavy (non-hydrogen) atoms. The van der Waals surface area contributed by atoms with E-state index in [4.69, 9.17) is 4.74 Å². The SMILES string of the molecule is CC(=O)/C(C(=O)Nc1ccccc1)=C1/NCCO1. The summed E-state index contributed by atoms with van der Waals surface area (Å²) >= 11 is 0. The van der Waals surface area contributed by atoms with E-state index in [1.165, 1.54) is 6.92 Å². The molecule has 5 nitrogen and oxygen atoms in total. The zero-order valence-electron chi connectivity index (χ0n) is 10.0. The van der Waals surface area contributed by atoms with Gasteiger partial charge in [-0.3, -0.25) is 9.59 Å². The van der Waals surface area contributed by atoms with Crippen molar-refractivity contribution in [2.24, 2.45) is 0 Å². The van der Waals surface area contributed by atoms with Crippen LogP contribution in [0.5, 0.6) is 0 Å². The van der Waals surface area contributed by atoms with Crippen LogP contribution in [0, 0.1) is 0 Å². The van der Waals surface area contributed by atoms with E-state index in [1.807, 2.05) is 6.07 Å². The van der Waals surface area contributed by atoms with Gasteiger partial charge in [0.25, 0.3) is 5.91 Å². The molecule has 1 heterocycles. The Morgan fingerprint density at radius 3 is 2.56 bits per heavy atom. The van der Waals surface area contributed by atoms with Crippen LogP contribution in [-0.4, -0.2) is 24.8 Å². The number of amides is 1. The van der Waals surface area contributed by atoms with Gasteiger partial charge in [-0.1, -0.05) is 18.2 Å². The van der Waals surface area contributed by atoms with Crippen LogP contribution in [-0.2, 0) is 14.3 Å². The van der Waals surface area contributed by atoms with Crippen LogP contribution in [0.2, 0.25) is 0 Å². The second-order valence-electron chi connectivity index (χ2n) is 3.86. The number of Topliss-reactive ketones (excluding diaryl/α,β-unsaturated/α-hetero) is 1. The molecule has 0 radical (unpaired) electrons. The highest BCUT2D eigenvalue weighted by Gasteiger charge is 2.24. The number of hydrogen-bond acceptors (Lipinski definition) is 4. The lowest BCUT2D eigenvalue weighted by molar-refractivity contribution is -0.119. The summed E-state index contributed by atoms with van der Waals surface area (Å²) in [6.45, 7) is 2.41. The number of hydrogen-bond donors (Lipinski definition) is 2. The summed E-state index contributed by atoms with van der Waals surface area (Å²) in [5, 5.41) is 5.54. The van der Waals surface area contributed by atoms with E-state index in [9.17, 15) is 9.59 Å². The van der Waals surface area contributed by atoms with Crippen LogP contribution >= 0.6 is 0 Å². The molecule has 0 unspecified atom stereocenters. The number of anilines is 1. The van der Waals surface area contributed by atoms with Crippen LogP contribution in [0.15, 0.2) is 41.8 Å². The summed E-state index contributed by atoms with van der Waals surface area (Å²) in [6, 6.07) is 8.97. The number of carbonyl (C=O) groups excluding carboxylic acids is 2. The third-order valence-corrected chi connectivity index (χ3v) is 2.47. The van der Waals surface area contributed by atoms with Crippen LogP contribution in [0.1, 0.15) is 6.92 Å². The van der Waals surface area contributed by atoms with Gasteiger partial charge in [0, 0.05) is 5.69 Å². The number of rotatable bonds is 3. The van der Waals surface area contributed by atoms with Gasteiger partial charge >= 0.3 is 0 Å². The maximum atomic E-state index is 12.0. The molecule has 1 fully saturated rings. The second-order valence-corrected chi connectivity index (χ2v) is 3.86. The van der Waals surface area contributed by atoms with Crippen molar-refractivity contribution in [3.8, 4) is 0 Å². The van der Waals surface area contributed by atoms with Crippen molar-refractivity contribution in [1.82, 2.24) is 5.32 Å². The number of ketones is 1. The first-order chi connectivity index (χ1) is 8.68. The molecule has 0 aliphatic carbocycles. The van der Waals surface area contributed by atoms with Crippen LogP contribution in [0.3, 0.4) is 0 Å². The fourth-order valence-electron chi connectivity index (χ4n) is 1.67. The molecule has 1 aliphatic heterocycles. The molecule has 1 aliphatic rings. The molecule has 0 saturated carbocycles. The molecule has 0 bridgehead atoms. The van der Waals surface area contributed by atoms with Gasteiger partial charge in [0.2, 0.25) is 5.88 Å². The number of carbonyl (C=O) groups is 2. The Morgan fingerprint density at radius 2 is 2.00 bits per heavy atom. The molecule has 1 aromatic rings. The molecule has 5 heteroatoms.